The second kappa shape index (κ2) is 10.3. The average molecular weight is 499 g/mol. The lowest BCUT2D eigenvalue weighted by Gasteiger charge is -2.31. The molecule has 2 N–H and O–H groups in total. The van der Waals surface area contributed by atoms with E-state index in [4.69, 9.17) is 0 Å². The first kappa shape index (κ1) is 25.0. The lowest BCUT2D eigenvalue weighted by molar-refractivity contribution is -0.133. The molecule has 7 heteroatoms. The Morgan fingerprint density at radius 3 is 2.49 bits per heavy atom. The number of rotatable bonds is 7. The van der Waals surface area contributed by atoms with Crippen LogP contribution >= 0.6 is 0 Å². The second-order valence-corrected chi connectivity index (χ2v) is 10.4. The van der Waals surface area contributed by atoms with Crippen molar-refractivity contribution in [2.75, 3.05) is 18.9 Å². The summed E-state index contributed by atoms with van der Waals surface area (Å²) in [6.07, 6.45) is 6.23. The Labute approximate surface area is 217 Å². The van der Waals surface area contributed by atoms with E-state index in [1.807, 2.05) is 66.7 Å². The summed E-state index contributed by atoms with van der Waals surface area (Å²) >= 11 is 0. The maximum Gasteiger partial charge on any atom is 0.325 e. The number of urea groups is 1. The number of amides is 4. The van der Waals surface area contributed by atoms with Crippen molar-refractivity contribution in [2.24, 2.45) is 0 Å². The number of nitrogens with zero attached hydrogens (tertiary/aromatic N) is 2. The quantitative estimate of drug-likeness (QED) is 0.449. The van der Waals surface area contributed by atoms with Gasteiger partial charge < -0.3 is 10.6 Å². The Morgan fingerprint density at radius 1 is 1.00 bits per heavy atom. The first-order chi connectivity index (χ1) is 17.8. The molecule has 1 saturated carbocycles. The monoisotopic (exact) mass is 498 g/mol. The van der Waals surface area contributed by atoms with Gasteiger partial charge in [0.2, 0.25) is 5.91 Å². The van der Waals surface area contributed by atoms with Crippen LogP contribution < -0.4 is 10.6 Å². The third-order valence-corrected chi connectivity index (χ3v) is 7.81. The summed E-state index contributed by atoms with van der Waals surface area (Å²) in [5, 5.41) is 7.78. The first-order valence-corrected chi connectivity index (χ1v) is 13.1. The van der Waals surface area contributed by atoms with Crippen LogP contribution in [0.5, 0.6) is 0 Å². The van der Waals surface area contributed by atoms with Gasteiger partial charge in [-0.05, 0) is 60.8 Å². The molecule has 7 nitrogen and oxygen atoms in total. The SMILES string of the molecule is CN(Cc1ccccc1NC(=O)CN1C(=O)NC(C)(c2ccc3ccccc3c2)C1=O)C1CCCCC1. The van der Waals surface area contributed by atoms with Crippen LogP contribution in [0.4, 0.5) is 10.5 Å². The van der Waals surface area contributed by atoms with Crippen LogP contribution in [0.25, 0.3) is 10.8 Å². The van der Waals surface area contributed by atoms with Crippen molar-refractivity contribution in [3.05, 3.63) is 77.9 Å². The summed E-state index contributed by atoms with van der Waals surface area (Å²) in [5.74, 6) is -0.840. The van der Waals surface area contributed by atoms with Crippen molar-refractivity contribution in [2.45, 2.75) is 57.2 Å². The van der Waals surface area contributed by atoms with Gasteiger partial charge in [-0.25, -0.2) is 4.79 Å². The highest BCUT2D eigenvalue weighted by molar-refractivity contribution is 6.10. The Balaban J connectivity index is 1.27. The number of imide groups is 1. The zero-order valence-corrected chi connectivity index (χ0v) is 21.5. The highest BCUT2D eigenvalue weighted by Crippen LogP contribution is 2.31. The normalized spacial score (nSPS) is 20.5. The molecule has 37 heavy (non-hydrogen) atoms. The fourth-order valence-electron chi connectivity index (χ4n) is 5.57. The van der Waals surface area contributed by atoms with Gasteiger partial charge >= 0.3 is 6.03 Å². The van der Waals surface area contributed by atoms with Crippen LogP contribution in [-0.4, -0.2) is 47.3 Å². The second-order valence-electron chi connectivity index (χ2n) is 10.4. The van der Waals surface area contributed by atoms with Gasteiger partial charge in [0, 0.05) is 18.3 Å². The zero-order chi connectivity index (χ0) is 26.0. The van der Waals surface area contributed by atoms with E-state index in [0.717, 1.165) is 27.8 Å². The molecule has 2 fully saturated rings. The number of hydrogen-bond acceptors (Lipinski definition) is 4. The lowest BCUT2D eigenvalue weighted by Crippen LogP contribution is -2.42. The first-order valence-electron chi connectivity index (χ1n) is 13.1. The van der Waals surface area contributed by atoms with Gasteiger partial charge in [0.25, 0.3) is 5.91 Å². The van der Waals surface area contributed by atoms with Crippen molar-refractivity contribution < 1.29 is 14.4 Å². The molecule has 0 aromatic heterocycles. The molecule has 4 amide bonds. The maximum absolute atomic E-state index is 13.4. The highest BCUT2D eigenvalue weighted by atomic mass is 16.2. The molecule has 5 rings (SSSR count). The molecule has 0 bridgehead atoms. The minimum Gasteiger partial charge on any atom is -0.324 e. The van der Waals surface area contributed by atoms with E-state index in [1.54, 1.807) is 6.92 Å². The number of para-hydroxylation sites is 1. The van der Waals surface area contributed by atoms with E-state index in [9.17, 15) is 14.4 Å². The molecular weight excluding hydrogens is 464 g/mol. The van der Waals surface area contributed by atoms with Gasteiger partial charge in [-0.15, -0.1) is 0 Å². The van der Waals surface area contributed by atoms with E-state index in [2.05, 4.69) is 22.6 Å². The smallest absolute Gasteiger partial charge is 0.324 e. The fraction of sp³-hybridized carbons (Fsp3) is 0.367. The largest absolute Gasteiger partial charge is 0.325 e. The molecule has 1 aliphatic heterocycles. The van der Waals surface area contributed by atoms with Crippen molar-refractivity contribution in [3.8, 4) is 0 Å². The van der Waals surface area contributed by atoms with Crippen LogP contribution in [0.15, 0.2) is 66.7 Å². The topological polar surface area (TPSA) is 81.8 Å². The number of carbonyl (C=O) groups is 3. The van der Waals surface area contributed by atoms with Crippen LogP contribution in [0, 0.1) is 0 Å². The Morgan fingerprint density at radius 2 is 1.70 bits per heavy atom. The van der Waals surface area contributed by atoms with E-state index in [-0.39, 0.29) is 6.54 Å². The molecule has 1 atom stereocenters. The number of benzene rings is 3. The molecular formula is C30H34N4O3. The molecule has 1 saturated heterocycles. The average Bonchev–Trinajstić information content (AvgIpc) is 3.13. The molecule has 1 aliphatic carbocycles. The third-order valence-electron chi connectivity index (χ3n) is 7.81. The van der Waals surface area contributed by atoms with Crippen LogP contribution in [-0.2, 0) is 21.7 Å². The number of anilines is 1. The van der Waals surface area contributed by atoms with Gasteiger partial charge in [0.1, 0.15) is 12.1 Å². The molecule has 0 radical (unpaired) electrons. The number of nitrogens with one attached hydrogen (secondary N) is 2. The van der Waals surface area contributed by atoms with Crippen molar-refractivity contribution in [1.29, 1.82) is 0 Å². The molecule has 1 unspecified atom stereocenters. The van der Waals surface area contributed by atoms with Crippen LogP contribution in [0.3, 0.4) is 0 Å². The maximum atomic E-state index is 13.4. The summed E-state index contributed by atoms with van der Waals surface area (Å²) in [7, 11) is 2.13. The molecule has 1 heterocycles. The van der Waals surface area contributed by atoms with E-state index in [1.165, 1.54) is 32.1 Å². The minimum atomic E-state index is -1.23. The molecule has 0 spiro atoms. The van der Waals surface area contributed by atoms with Crippen molar-refractivity contribution >= 4 is 34.3 Å². The Hall–Kier alpha value is -3.71. The van der Waals surface area contributed by atoms with E-state index >= 15 is 0 Å². The molecule has 192 valence electrons. The van der Waals surface area contributed by atoms with Gasteiger partial charge in [0.15, 0.2) is 0 Å². The van der Waals surface area contributed by atoms with Gasteiger partial charge in [-0.2, -0.15) is 0 Å². The van der Waals surface area contributed by atoms with Gasteiger partial charge in [0.05, 0.1) is 0 Å². The predicted molar refractivity (Wildman–Crippen MR) is 145 cm³/mol. The zero-order valence-electron chi connectivity index (χ0n) is 21.5. The highest BCUT2D eigenvalue weighted by Gasteiger charge is 2.49. The fourth-order valence-corrected chi connectivity index (χ4v) is 5.57. The van der Waals surface area contributed by atoms with Crippen LogP contribution in [0.2, 0.25) is 0 Å². The number of carbonyl (C=O) groups excluding carboxylic acids is 3. The molecule has 3 aromatic carbocycles. The van der Waals surface area contributed by atoms with E-state index < -0.39 is 23.4 Å². The number of fused-ring (bicyclic) bond motifs is 1. The van der Waals surface area contributed by atoms with Gasteiger partial charge in [-0.3, -0.25) is 19.4 Å². The Bertz CT molecular complexity index is 1330. The summed E-state index contributed by atoms with van der Waals surface area (Å²) in [6.45, 7) is 2.07. The minimum absolute atomic E-state index is 0.347. The summed E-state index contributed by atoms with van der Waals surface area (Å²) in [6, 6.07) is 21.3. The van der Waals surface area contributed by atoms with Gasteiger partial charge in [-0.1, -0.05) is 73.9 Å². The molecule has 3 aromatic rings. The summed E-state index contributed by atoms with van der Waals surface area (Å²) in [5.41, 5.74) is 1.17. The molecule has 2 aliphatic rings. The van der Waals surface area contributed by atoms with Crippen molar-refractivity contribution in [3.63, 3.8) is 0 Å². The third kappa shape index (κ3) is 5.09. The predicted octanol–water partition coefficient (Wildman–Crippen LogP) is 5.01. The summed E-state index contributed by atoms with van der Waals surface area (Å²) in [4.78, 5) is 42.6. The lowest BCUT2D eigenvalue weighted by atomic mass is 9.90. The van der Waals surface area contributed by atoms with Crippen LogP contribution in [0.1, 0.15) is 50.2 Å². The standard InChI is InChI=1S/C30H34N4O3/c1-30(24-17-16-21-10-6-7-11-22(21)18-24)28(36)34(29(37)32-30)20-27(35)31-26-15-9-8-12-23(26)19-33(2)25-13-4-3-5-14-25/h6-12,15-18,25H,3-5,13-14,19-20H2,1-2H3,(H,31,35)(H,32,37). The Kier molecular flexibility index (Phi) is 6.98. The summed E-state index contributed by atoms with van der Waals surface area (Å²) < 4.78 is 0. The number of hydrogen-bond donors (Lipinski definition) is 2. The van der Waals surface area contributed by atoms with Crippen molar-refractivity contribution in [1.82, 2.24) is 15.1 Å². The van der Waals surface area contributed by atoms with E-state index in [0.29, 0.717) is 17.3 Å².